The van der Waals surface area contributed by atoms with E-state index in [1.165, 1.54) is 78.1 Å². The van der Waals surface area contributed by atoms with Crippen molar-refractivity contribution < 1.29 is 0 Å². The van der Waals surface area contributed by atoms with E-state index in [2.05, 4.69) is 114 Å². The minimum atomic E-state index is 0.919. The van der Waals surface area contributed by atoms with E-state index in [4.69, 9.17) is 0 Å². The molecule has 0 saturated carbocycles. The molecule has 0 atom stereocenters. The summed E-state index contributed by atoms with van der Waals surface area (Å²) in [6.07, 6.45) is 13.8. The van der Waals surface area contributed by atoms with Crippen molar-refractivity contribution in [2.24, 2.45) is 0 Å². The summed E-state index contributed by atoms with van der Waals surface area (Å²) in [5.41, 5.74) is 2.66. The van der Waals surface area contributed by atoms with Crippen LogP contribution in [-0.4, -0.2) is 13.1 Å². The topological polar surface area (TPSA) is 3.24 Å². The molecule has 1 aliphatic rings. The molecule has 0 N–H and O–H groups in total. The lowest BCUT2D eigenvalue weighted by atomic mass is 10.1. The summed E-state index contributed by atoms with van der Waals surface area (Å²) in [7, 11) is 0. The first-order valence-corrected chi connectivity index (χ1v) is 15.5. The second-order valence-electron chi connectivity index (χ2n) is 9.38. The Morgan fingerprint density at radius 2 is 1.54 bits per heavy atom. The highest BCUT2D eigenvalue weighted by Crippen LogP contribution is 2.38. The largest absolute Gasteiger partial charge is 0.363 e. The Morgan fingerprint density at radius 1 is 0.757 bits per heavy atom. The Hall–Kier alpha value is -3.05. The third-order valence-corrected chi connectivity index (χ3v) is 10.3. The summed E-state index contributed by atoms with van der Waals surface area (Å²) < 4.78 is 1.34. The van der Waals surface area contributed by atoms with Gasteiger partial charge in [-0.2, -0.15) is 0 Å². The lowest BCUT2D eigenvalue weighted by molar-refractivity contribution is 0.580. The zero-order valence-corrected chi connectivity index (χ0v) is 23.3. The number of fused-ring (bicyclic) bond motifs is 1. The molecule has 0 aliphatic carbocycles. The van der Waals surface area contributed by atoms with Crippen LogP contribution in [0.25, 0.3) is 36.4 Å². The van der Waals surface area contributed by atoms with Crippen LogP contribution in [0, 0.1) is 0 Å². The number of thiophene rings is 2. The predicted molar refractivity (Wildman–Crippen MR) is 167 cm³/mol. The van der Waals surface area contributed by atoms with Crippen LogP contribution in [0.3, 0.4) is 0 Å². The van der Waals surface area contributed by atoms with E-state index in [0.29, 0.717) is 0 Å². The molecule has 0 spiro atoms. The fraction of sp³-hybridized carbons (Fsp3) is 0.182. The van der Waals surface area contributed by atoms with Gasteiger partial charge in [0.25, 0.3) is 0 Å². The molecule has 0 amide bonds. The molecule has 2 aromatic carbocycles. The predicted octanol–water partition coefficient (Wildman–Crippen LogP) is 10.4. The molecule has 1 nitrogen and oxygen atoms in total. The number of nitrogens with zero attached hydrogens (tertiary/aromatic N) is 1. The average Bonchev–Trinajstić information content (AvgIpc) is 3.64. The Kier molecular flexibility index (Phi) is 7.59. The van der Waals surface area contributed by atoms with Crippen molar-refractivity contribution in [1.82, 2.24) is 0 Å². The molecule has 1 fully saturated rings. The number of piperidine rings is 1. The molecule has 6 rings (SSSR count). The highest BCUT2D eigenvalue weighted by molar-refractivity contribution is 7.24. The zero-order chi connectivity index (χ0) is 24.9. The van der Waals surface area contributed by atoms with Crippen LogP contribution in [0.4, 0.5) is 5.00 Å². The summed E-state index contributed by atoms with van der Waals surface area (Å²) in [4.78, 5) is 7.91. The Morgan fingerprint density at radius 3 is 2.43 bits per heavy atom. The van der Waals surface area contributed by atoms with E-state index in [0.717, 1.165) is 6.42 Å². The SMILES string of the molecule is C(/C=C/c1ccc(-c2ccc(N3CCCCC3)s2)s1)=C\Cc1cc(-c2ccccc2)[s+]c2ccccc12. The van der Waals surface area contributed by atoms with Gasteiger partial charge in [-0.15, -0.1) is 22.7 Å². The molecule has 5 aromatic rings. The standard InChI is InChI=1S/C33H30NS3/c1-4-12-25(13-5-1)32-24-26(28-16-8-9-17-29(28)36-32)14-6-2-7-15-27-18-19-30(35-27)31-20-21-33(37-31)34-22-10-3-11-23-34/h1-2,4-9,12-13,15-21,24H,3,10-11,14,22-23H2/q+1/b6-2+,15-7+. The van der Waals surface area contributed by atoms with Crippen LogP contribution < -0.4 is 4.90 Å². The Balaban J connectivity index is 1.14. The second kappa shape index (κ2) is 11.6. The minimum Gasteiger partial charge on any atom is -0.363 e. The fourth-order valence-corrected chi connectivity index (χ4v) is 8.08. The molecular formula is C33H30NS3+. The molecule has 4 heteroatoms. The number of benzene rings is 2. The maximum atomic E-state index is 2.55. The number of anilines is 1. The normalized spacial score (nSPS) is 14.3. The molecular weight excluding hydrogens is 507 g/mol. The molecule has 184 valence electrons. The molecule has 4 heterocycles. The van der Waals surface area contributed by atoms with Gasteiger partial charge in [0, 0.05) is 50.8 Å². The van der Waals surface area contributed by atoms with Gasteiger partial charge in [0.1, 0.15) is 0 Å². The van der Waals surface area contributed by atoms with Crippen molar-refractivity contribution >= 4 is 55.2 Å². The third-order valence-electron chi connectivity index (χ3n) is 6.79. The highest BCUT2D eigenvalue weighted by Gasteiger charge is 2.17. The van der Waals surface area contributed by atoms with Gasteiger partial charge in [0.15, 0.2) is 0 Å². The second-order valence-corrected chi connectivity index (χ2v) is 12.6. The lowest BCUT2D eigenvalue weighted by Gasteiger charge is -2.27. The van der Waals surface area contributed by atoms with E-state index in [9.17, 15) is 0 Å². The van der Waals surface area contributed by atoms with Gasteiger partial charge in [-0.25, -0.2) is 0 Å². The van der Waals surface area contributed by atoms with Crippen LogP contribution in [-0.2, 0) is 6.42 Å². The number of rotatable bonds is 7. The van der Waals surface area contributed by atoms with Gasteiger partial charge in [0.05, 0.1) is 5.00 Å². The van der Waals surface area contributed by atoms with E-state index in [-0.39, 0.29) is 0 Å². The van der Waals surface area contributed by atoms with E-state index >= 15 is 0 Å². The quantitative estimate of drug-likeness (QED) is 0.148. The monoisotopic (exact) mass is 536 g/mol. The van der Waals surface area contributed by atoms with Crippen LogP contribution in [0.15, 0.2) is 103 Å². The molecule has 1 saturated heterocycles. The maximum Gasteiger partial charge on any atom is 0.239 e. The van der Waals surface area contributed by atoms with Crippen molar-refractivity contribution in [1.29, 1.82) is 0 Å². The number of allylic oxidation sites excluding steroid dienone is 3. The van der Waals surface area contributed by atoms with Crippen molar-refractivity contribution in [2.45, 2.75) is 25.7 Å². The van der Waals surface area contributed by atoms with Crippen LogP contribution in [0.2, 0.25) is 0 Å². The number of hydrogen-bond donors (Lipinski definition) is 0. The van der Waals surface area contributed by atoms with Gasteiger partial charge >= 0.3 is 0 Å². The lowest BCUT2D eigenvalue weighted by Crippen LogP contribution is -2.28. The molecule has 0 unspecified atom stereocenters. The summed E-state index contributed by atoms with van der Waals surface area (Å²) in [6, 6.07) is 30.9. The molecule has 0 bridgehead atoms. The van der Waals surface area contributed by atoms with Gasteiger partial charge < -0.3 is 4.90 Å². The van der Waals surface area contributed by atoms with Crippen molar-refractivity contribution in [3.8, 4) is 20.2 Å². The van der Waals surface area contributed by atoms with Crippen molar-refractivity contribution in [2.75, 3.05) is 18.0 Å². The van der Waals surface area contributed by atoms with Gasteiger partial charge in [-0.05, 0) is 79.8 Å². The molecule has 0 radical (unpaired) electrons. The van der Waals surface area contributed by atoms with E-state index < -0.39 is 0 Å². The fourth-order valence-electron chi connectivity index (χ4n) is 4.86. The molecule has 37 heavy (non-hydrogen) atoms. The Labute approximate surface area is 231 Å². The first kappa shape index (κ1) is 24.3. The van der Waals surface area contributed by atoms with E-state index in [1.54, 1.807) is 0 Å². The van der Waals surface area contributed by atoms with Crippen LogP contribution in [0.5, 0.6) is 0 Å². The maximum absolute atomic E-state index is 2.55. The summed E-state index contributed by atoms with van der Waals surface area (Å²) in [5.74, 6) is 0. The van der Waals surface area contributed by atoms with Crippen LogP contribution in [0.1, 0.15) is 29.7 Å². The van der Waals surface area contributed by atoms with Gasteiger partial charge in [0.2, 0.25) is 20.9 Å². The Bertz CT molecular complexity index is 1530. The molecule has 1 aliphatic heterocycles. The molecule has 3 aromatic heterocycles. The summed E-state index contributed by atoms with van der Waals surface area (Å²) >= 11 is 5.68. The van der Waals surface area contributed by atoms with Gasteiger partial charge in [-0.1, -0.05) is 48.6 Å². The van der Waals surface area contributed by atoms with Gasteiger partial charge in [-0.3, -0.25) is 0 Å². The first-order valence-electron chi connectivity index (χ1n) is 13.0. The number of hydrogen-bond acceptors (Lipinski definition) is 3. The van der Waals surface area contributed by atoms with Crippen molar-refractivity contribution in [3.05, 3.63) is 114 Å². The first-order chi connectivity index (χ1) is 18.3. The summed E-state index contributed by atoms with van der Waals surface area (Å²) in [5, 5.41) is 2.77. The van der Waals surface area contributed by atoms with Crippen molar-refractivity contribution in [3.63, 3.8) is 0 Å². The smallest absolute Gasteiger partial charge is 0.239 e. The van der Waals surface area contributed by atoms with E-state index in [1.807, 2.05) is 34.0 Å². The third kappa shape index (κ3) is 5.77. The summed E-state index contributed by atoms with van der Waals surface area (Å²) in [6.45, 7) is 2.41. The minimum absolute atomic E-state index is 0.919. The average molecular weight is 537 g/mol. The highest BCUT2D eigenvalue weighted by atomic mass is 32.1. The zero-order valence-electron chi connectivity index (χ0n) is 20.8. The van der Waals surface area contributed by atoms with Crippen LogP contribution >= 0.6 is 34.0 Å².